The Morgan fingerprint density at radius 3 is 3.04 bits per heavy atom. The van der Waals surface area contributed by atoms with Crippen molar-refractivity contribution in [2.45, 2.75) is 19.0 Å². The molecule has 1 aliphatic heterocycles. The Labute approximate surface area is 149 Å². The van der Waals surface area contributed by atoms with E-state index in [2.05, 4.69) is 20.3 Å². The first kappa shape index (κ1) is 16.0. The van der Waals surface area contributed by atoms with E-state index in [0.29, 0.717) is 6.54 Å². The highest BCUT2D eigenvalue weighted by Crippen LogP contribution is 2.25. The van der Waals surface area contributed by atoms with Gasteiger partial charge in [-0.25, -0.2) is 9.97 Å². The number of nitrogens with zero attached hydrogens (tertiary/aromatic N) is 3. The van der Waals surface area contributed by atoms with Crippen molar-refractivity contribution in [3.05, 3.63) is 59.1 Å². The molecule has 0 spiro atoms. The average Bonchev–Trinajstić information content (AvgIpc) is 3.30. The zero-order valence-corrected chi connectivity index (χ0v) is 14.7. The van der Waals surface area contributed by atoms with Gasteiger partial charge in [0.1, 0.15) is 11.0 Å². The molecule has 3 heterocycles. The van der Waals surface area contributed by atoms with Gasteiger partial charge < -0.3 is 15.2 Å². The number of H-pyrrole nitrogens is 1. The SMILES string of the molecule is CN(Cc1csc(-c2ccccc2)n1)C(=O)C1NCCc2[nH]cnc21. The predicted octanol–water partition coefficient (Wildman–Crippen LogP) is 2.38. The van der Waals surface area contributed by atoms with E-state index in [1.807, 2.05) is 42.8 Å². The molecule has 3 aromatic rings. The number of aromatic nitrogens is 3. The maximum absolute atomic E-state index is 12.8. The van der Waals surface area contributed by atoms with Crippen LogP contribution in [0.2, 0.25) is 0 Å². The molecule has 0 radical (unpaired) electrons. The third kappa shape index (κ3) is 3.20. The highest BCUT2D eigenvalue weighted by Gasteiger charge is 2.30. The quantitative estimate of drug-likeness (QED) is 0.755. The van der Waals surface area contributed by atoms with Gasteiger partial charge in [-0.15, -0.1) is 11.3 Å². The molecule has 6 nitrogen and oxygen atoms in total. The summed E-state index contributed by atoms with van der Waals surface area (Å²) in [7, 11) is 1.81. The van der Waals surface area contributed by atoms with Crippen LogP contribution >= 0.6 is 11.3 Å². The first-order valence-electron chi connectivity index (χ1n) is 8.22. The van der Waals surface area contributed by atoms with Gasteiger partial charge in [0.15, 0.2) is 0 Å². The first-order chi connectivity index (χ1) is 12.2. The topological polar surface area (TPSA) is 73.9 Å². The lowest BCUT2D eigenvalue weighted by Gasteiger charge is -2.26. The fraction of sp³-hybridized carbons (Fsp3) is 0.278. The van der Waals surface area contributed by atoms with E-state index in [0.717, 1.165) is 40.6 Å². The number of imidazole rings is 1. The lowest BCUT2D eigenvalue weighted by Crippen LogP contribution is -2.42. The number of aromatic amines is 1. The zero-order valence-electron chi connectivity index (χ0n) is 13.9. The van der Waals surface area contributed by atoms with E-state index in [-0.39, 0.29) is 11.9 Å². The van der Waals surface area contributed by atoms with Crippen molar-refractivity contribution in [3.8, 4) is 10.6 Å². The van der Waals surface area contributed by atoms with Crippen molar-refractivity contribution in [2.24, 2.45) is 0 Å². The minimum Gasteiger partial charge on any atom is -0.348 e. The van der Waals surface area contributed by atoms with E-state index in [9.17, 15) is 4.79 Å². The molecule has 1 unspecified atom stereocenters. The molecule has 128 valence electrons. The number of carbonyl (C=O) groups is 1. The van der Waals surface area contributed by atoms with Gasteiger partial charge in [0.25, 0.3) is 0 Å². The second-order valence-electron chi connectivity index (χ2n) is 6.11. The highest BCUT2D eigenvalue weighted by atomic mass is 32.1. The molecular weight excluding hydrogens is 334 g/mol. The van der Waals surface area contributed by atoms with Crippen LogP contribution in [0, 0.1) is 0 Å². The average molecular weight is 353 g/mol. The molecule has 25 heavy (non-hydrogen) atoms. The Kier molecular flexibility index (Phi) is 4.33. The van der Waals surface area contributed by atoms with Gasteiger partial charge in [0, 0.05) is 36.7 Å². The highest BCUT2D eigenvalue weighted by molar-refractivity contribution is 7.13. The van der Waals surface area contributed by atoms with Gasteiger partial charge in [0.05, 0.1) is 24.3 Å². The lowest BCUT2D eigenvalue weighted by molar-refractivity contribution is -0.133. The van der Waals surface area contributed by atoms with Crippen molar-refractivity contribution < 1.29 is 4.79 Å². The normalized spacial score (nSPS) is 16.4. The van der Waals surface area contributed by atoms with Crippen LogP contribution in [0.15, 0.2) is 42.0 Å². The third-order valence-corrected chi connectivity index (χ3v) is 5.28. The summed E-state index contributed by atoms with van der Waals surface area (Å²) in [6.45, 7) is 1.26. The van der Waals surface area contributed by atoms with E-state index in [1.165, 1.54) is 0 Å². The summed E-state index contributed by atoms with van der Waals surface area (Å²) in [6.07, 6.45) is 2.53. The number of thiazole rings is 1. The monoisotopic (exact) mass is 353 g/mol. The maximum atomic E-state index is 12.8. The summed E-state index contributed by atoms with van der Waals surface area (Å²) in [4.78, 5) is 26.6. The van der Waals surface area contributed by atoms with E-state index in [4.69, 9.17) is 0 Å². The van der Waals surface area contributed by atoms with Crippen LogP contribution in [-0.2, 0) is 17.8 Å². The van der Waals surface area contributed by atoms with Crippen LogP contribution in [0.1, 0.15) is 23.1 Å². The number of fused-ring (bicyclic) bond motifs is 1. The third-order valence-electron chi connectivity index (χ3n) is 4.34. The van der Waals surface area contributed by atoms with E-state index >= 15 is 0 Å². The molecule has 0 aliphatic carbocycles. The molecule has 1 atom stereocenters. The summed E-state index contributed by atoms with van der Waals surface area (Å²) < 4.78 is 0. The number of likely N-dealkylation sites (N-methyl/N-ethyl adjacent to an activating group) is 1. The van der Waals surface area contributed by atoms with Gasteiger partial charge in [-0.05, 0) is 0 Å². The number of hydrogen-bond acceptors (Lipinski definition) is 5. The fourth-order valence-electron chi connectivity index (χ4n) is 3.06. The maximum Gasteiger partial charge on any atom is 0.246 e. The Bertz CT molecular complexity index is 872. The van der Waals surface area contributed by atoms with Crippen LogP contribution in [0.3, 0.4) is 0 Å². The molecule has 1 aliphatic rings. The largest absolute Gasteiger partial charge is 0.348 e. The van der Waals surface area contributed by atoms with Gasteiger partial charge in [0.2, 0.25) is 5.91 Å². The summed E-state index contributed by atoms with van der Waals surface area (Å²) in [6, 6.07) is 9.70. The van der Waals surface area contributed by atoms with E-state index < -0.39 is 0 Å². The van der Waals surface area contributed by atoms with Gasteiger partial charge in [-0.3, -0.25) is 4.79 Å². The number of amides is 1. The molecule has 0 bridgehead atoms. The Morgan fingerprint density at radius 1 is 1.36 bits per heavy atom. The number of rotatable bonds is 4. The Morgan fingerprint density at radius 2 is 2.20 bits per heavy atom. The van der Waals surface area contributed by atoms with Crippen LogP contribution < -0.4 is 5.32 Å². The molecule has 4 rings (SSSR count). The predicted molar refractivity (Wildman–Crippen MR) is 97.1 cm³/mol. The molecular formula is C18H19N5OS. The summed E-state index contributed by atoms with van der Waals surface area (Å²) in [5.41, 5.74) is 3.86. The van der Waals surface area contributed by atoms with Crippen molar-refractivity contribution in [1.82, 2.24) is 25.2 Å². The molecule has 2 N–H and O–H groups in total. The van der Waals surface area contributed by atoms with Gasteiger partial charge >= 0.3 is 0 Å². The van der Waals surface area contributed by atoms with Gasteiger partial charge in [-0.1, -0.05) is 30.3 Å². The first-order valence-corrected chi connectivity index (χ1v) is 9.10. The second-order valence-corrected chi connectivity index (χ2v) is 6.97. The number of carbonyl (C=O) groups excluding carboxylic acids is 1. The fourth-order valence-corrected chi connectivity index (χ4v) is 3.87. The van der Waals surface area contributed by atoms with Gasteiger partial charge in [-0.2, -0.15) is 0 Å². The molecule has 2 aromatic heterocycles. The smallest absolute Gasteiger partial charge is 0.246 e. The molecule has 0 fully saturated rings. The summed E-state index contributed by atoms with van der Waals surface area (Å²) in [5, 5.41) is 6.26. The zero-order chi connectivity index (χ0) is 17.2. The number of nitrogens with one attached hydrogen (secondary N) is 2. The van der Waals surface area contributed by atoms with Crippen molar-refractivity contribution in [1.29, 1.82) is 0 Å². The lowest BCUT2D eigenvalue weighted by atomic mass is 10.0. The Hall–Kier alpha value is -2.51. The molecule has 1 amide bonds. The number of hydrogen-bond donors (Lipinski definition) is 2. The summed E-state index contributed by atoms with van der Waals surface area (Å²) >= 11 is 1.60. The second kappa shape index (κ2) is 6.78. The Balaban J connectivity index is 1.47. The van der Waals surface area contributed by atoms with E-state index in [1.54, 1.807) is 22.6 Å². The molecule has 0 saturated heterocycles. The van der Waals surface area contributed by atoms with Crippen LogP contribution in [0.4, 0.5) is 0 Å². The van der Waals surface area contributed by atoms with Crippen LogP contribution in [0.25, 0.3) is 10.6 Å². The van der Waals surface area contributed by atoms with Crippen molar-refractivity contribution in [2.75, 3.05) is 13.6 Å². The molecule has 1 aromatic carbocycles. The summed E-state index contributed by atoms with van der Waals surface area (Å²) in [5.74, 6) is 0.0160. The minimum atomic E-state index is -0.382. The van der Waals surface area contributed by atoms with Crippen LogP contribution in [0.5, 0.6) is 0 Å². The standard InChI is InChI=1S/C18H19N5OS/c1-23(18(24)16-15-14(7-8-19-16)20-11-21-15)9-13-10-25-17(22-13)12-5-3-2-4-6-12/h2-6,10-11,16,19H,7-9H2,1H3,(H,20,21). The molecule has 0 saturated carbocycles. The minimum absolute atomic E-state index is 0.0160. The molecule has 7 heteroatoms. The van der Waals surface area contributed by atoms with Crippen molar-refractivity contribution >= 4 is 17.2 Å². The number of benzene rings is 1. The van der Waals surface area contributed by atoms with Crippen molar-refractivity contribution in [3.63, 3.8) is 0 Å². The van der Waals surface area contributed by atoms with Crippen LogP contribution in [-0.4, -0.2) is 39.4 Å².